The molecule has 0 saturated heterocycles. The van der Waals surface area contributed by atoms with Crippen molar-refractivity contribution in [2.75, 3.05) is 0 Å². The van der Waals surface area contributed by atoms with Gasteiger partial charge in [-0.1, -0.05) is 0 Å². The Hall–Kier alpha value is -1.66. The van der Waals surface area contributed by atoms with Crippen LogP contribution in [0.1, 0.15) is 17.5 Å². The molecule has 1 rings (SSSR count). The number of carboxylic acid groups (broad SMARTS) is 1. The molecule has 0 saturated carbocycles. The van der Waals surface area contributed by atoms with Crippen molar-refractivity contribution in [3.8, 4) is 5.75 Å². The molecule has 6 nitrogen and oxygen atoms in total. The van der Waals surface area contributed by atoms with Gasteiger partial charge in [0, 0.05) is 5.69 Å². The molecule has 0 bridgehead atoms. The van der Waals surface area contributed by atoms with Gasteiger partial charge in [-0.05, 0) is 19.1 Å². The standard InChI is InChI=1S/C9H11NO5/c1-4-2-3-5(11)6(10-4)7(12)8(13)9(14)15/h2-3,7-8,11-13H,1H3,(H,14,15). The van der Waals surface area contributed by atoms with Gasteiger partial charge in [0.25, 0.3) is 0 Å². The average molecular weight is 213 g/mol. The summed E-state index contributed by atoms with van der Waals surface area (Å²) in [6.07, 6.45) is -3.76. The molecule has 82 valence electrons. The van der Waals surface area contributed by atoms with Gasteiger partial charge in [-0.25, -0.2) is 4.79 Å². The SMILES string of the molecule is Cc1ccc(O)c(C(O)C(O)C(=O)O)n1. The zero-order valence-electron chi connectivity index (χ0n) is 7.95. The number of nitrogens with zero attached hydrogens (tertiary/aromatic N) is 1. The fourth-order valence-electron chi connectivity index (χ4n) is 1.07. The summed E-state index contributed by atoms with van der Waals surface area (Å²) in [7, 11) is 0. The quantitative estimate of drug-likeness (QED) is 0.542. The smallest absolute Gasteiger partial charge is 0.335 e. The second-order valence-electron chi connectivity index (χ2n) is 3.08. The van der Waals surface area contributed by atoms with Crippen molar-refractivity contribution in [3.63, 3.8) is 0 Å². The van der Waals surface area contributed by atoms with Gasteiger partial charge in [0.05, 0.1) is 0 Å². The molecule has 0 fully saturated rings. The maximum absolute atomic E-state index is 10.4. The van der Waals surface area contributed by atoms with Gasteiger partial charge in [0.1, 0.15) is 17.5 Å². The third kappa shape index (κ3) is 2.42. The normalized spacial score (nSPS) is 14.6. The molecule has 1 heterocycles. The summed E-state index contributed by atoms with van der Waals surface area (Å²) < 4.78 is 0. The molecule has 0 aliphatic rings. The number of carboxylic acids is 1. The second-order valence-corrected chi connectivity index (χ2v) is 3.08. The first-order valence-electron chi connectivity index (χ1n) is 4.19. The predicted molar refractivity (Wildman–Crippen MR) is 49.2 cm³/mol. The number of aliphatic hydroxyl groups is 2. The predicted octanol–water partition coefficient (Wildman–Crippen LogP) is -0.425. The molecular weight excluding hydrogens is 202 g/mol. The highest BCUT2D eigenvalue weighted by atomic mass is 16.4. The number of aryl methyl sites for hydroxylation is 1. The Morgan fingerprint density at radius 2 is 2.00 bits per heavy atom. The number of aromatic hydroxyl groups is 1. The van der Waals surface area contributed by atoms with E-state index >= 15 is 0 Å². The minimum absolute atomic E-state index is 0.245. The molecule has 0 aliphatic heterocycles. The average Bonchev–Trinajstić information content (AvgIpc) is 2.19. The van der Waals surface area contributed by atoms with Crippen LogP contribution < -0.4 is 0 Å². The first kappa shape index (κ1) is 11.4. The largest absolute Gasteiger partial charge is 0.506 e. The van der Waals surface area contributed by atoms with Gasteiger partial charge in [-0.2, -0.15) is 0 Å². The molecule has 0 amide bonds. The van der Waals surface area contributed by atoms with Crippen molar-refractivity contribution in [3.05, 3.63) is 23.5 Å². The van der Waals surface area contributed by atoms with Crippen LogP contribution in [-0.4, -0.2) is 37.5 Å². The van der Waals surface area contributed by atoms with Crippen molar-refractivity contribution in [2.45, 2.75) is 19.1 Å². The van der Waals surface area contributed by atoms with E-state index in [4.69, 9.17) is 10.2 Å². The van der Waals surface area contributed by atoms with E-state index in [9.17, 15) is 15.0 Å². The van der Waals surface area contributed by atoms with Crippen LogP contribution in [-0.2, 0) is 4.79 Å². The highest BCUT2D eigenvalue weighted by molar-refractivity contribution is 5.73. The highest BCUT2D eigenvalue weighted by Gasteiger charge is 2.28. The lowest BCUT2D eigenvalue weighted by Gasteiger charge is -2.14. The molecule has 6 heteroatoms. The van der Waals surface area contributed by atoms with Gasteiger partial charge in [-0.3, -0.25) is 4.98 Å². The first-order chi connectivity index (χ1) is 6.93. The lowest BCUT2D eigenvalue weighted by atomic mass is 10.1. The van der Waals surface area contributed by atoms with Crippen LogP contribution in [0.2, 0.25) is 0 Å². The maximum atomic E-state index is 10.4. The second kappa shape index (κ2) is 4.24. The molecule has 0 aromatic carbocycles. The van der Waals surface area contributed by atoms with Crippen LogP contribution in [0.15, 0.2) is 12.1 Å². The Bertz CT molecular complexity index is 379. The van der Waals surface area contributed by atoms with Crippen molar-refractivity contribution in [1.29, 1.82) is 0 Å². The molecular formula is C9H11NO5. The Morgan fingerprint density at radius 3 is 2.53 bits per heavy atom. The number of pyridine rings is 1. The molecule has 1 aromatic rings. The molecule has 1 aromatic heterocycles. The van der Waals surface area contributed by atoms with Gasteiger partial charge in [0.2, 0.25) is 0 Å². The van der Waals surface area contributed by atoms with Crippen molar-refractivity contribution < 1.29 is 25.2 Å². The number of aliphatic carboxylic acids is 1. The lowest BCUT2D eigenvalue weighted by Crippen LogP contribution is -2.28. The summed E-state index contributed by atoms with van der Waals surface area (Å²) in [5.41, 5.74) is 0.254. The summed E-state index contributed by atoms with van der Waals surface area (Å²) in [5.74, 6) is -1.93. The van der Waals surface area contributed by atoms with Crippen LogP contribution in [0.4, 0.5) is 0 Å². The summed E-state index contributed by atoms with van der Waals surface area (Å²) in [4.78, 5) is 14.1. The zero-order valence-corrected chi connectivity index (χ0v) is 7.95. The molecule has 0 spiro atoms. The number of aromatic nitrogens is 1. The van der Waals surface area contributed by atoms with Crippen molar-refractivity contribution in [1.82, 2.24) is 4.98 Å². The van der Waals surface area contributed by atoms with Gasteiger partial charge in [-0.15, -0.1) is 0 Å². The number of aliphatic hydroxyl groups excluding tert-OH is 2. The monoisotopic (exact) mass is 213 g/mol. The Balaban J connectivity index is 3.04. The van der Waals surface area contributed by atoms with Gasteiger partial charge < -0.3 is 20.4 Å². The summed E-state index contributed by atoms with van der Waals surface area (Å²) >= 11 is 0. The third-order valence-corrected chi connectivity index (χ3v) is 1.87. The third-order valence-electron chi connectivity index (χ3n) is 1.87. The number of carbonyl (C=O) groups is 1. The molecule has 0 aliphatic carbocycles. The Labute approximate surface area is 85.4 Å². The van der Waals surface area contributed by atoms with Crippen LogP contribution in [0, 0.1) is 6.92 Å². The highest BCUT2D eigenvalue weighted by Crippen LogP contribution is 2.24. The van der Waals surface area contributed by atoms with E-state index in [1.54, 1.807) is 6.92 Å². The number of rotatable bonds is 3. The molecule has 2 atom stereocenters. The van der Waals surface area contributed by atoms with Crippen LogP contribution in [0.5, 0.6) is 5.75 Å². The van der Waals surface area contributed by atoms with Crippen LogP contribution >= 0.6 is 0 Å². The summed E-state index contributed by atoms with van der Waals surface area (Å²) in [5, 5.41) is 36.2. The van der Waals surface area contributed by atoms with Gasteiger partial charge in [0.15, 0.2) is 6.10 Å². The maximum Gasteiger partial charge on any atom is 0.335 e. The molecule has 4 N–H and O–H groups in total. The van der Waals surface area contributed by atoms with Gasteiger partial charge >= 0.3 is 5.97 Å². The Morgan fingerprint density at radius 1 is 1.40 bits per heavy atom. The number of hydrogen-bond donors (Lipinski definition) is 4. The lowest BCUT2D eigenvalue weighted by molar-refractivity contribution is -0.153. The van der Waals surface area contributed by atoms with Crippen molar-refractivity contribution in [2.24, 2.45) is 0 Å². The Kier molecular flexibility index (Phi) is 3.23. The van der Waals surface area contributed by atoms with Crippen LogP contribution in [0.3, 0.4) is 0 Å². The van der Waals surface area contributed by atoms with E-state index in [1.165, 1.54) is 12.1 Å². The van der Waals surface area contributed by atoms with E-state index in [2.05, 4.69) is 4.98 Å². The van der Waals surface area contributed by atoms with Crippen LogP contribution in [0.25, 0.3) is 0 Å². The van der Waals surface area contributed by atoms with E-state index in [-0.39, 0.29) is 11.4 Å². The minimum atomic E-state index is -2.01. The summed E-state index contributed by atoms with van der Waals surface area (Å²) in [6.45, 7) is 1.61. The van der Waals surface area contributed by atoms with Crippen molar-refractivity contribution >= 4 is 5.97 Å². The first-order valence-corrected chi connectivity index (χ1v) is 4.19. The minimum Gasteiger partial charge on any atom is -0.506 e. The van der Waals surface area contributed by atoms with E-state index in [0.717, 1.165) is 0 Å². The number of hydrogen-bond acceptors (Lipinski definition) is 5. The van der Waals surface area contributed by atoms with E-state index < -0.39 is 18.2 Å². The molecule has 2 unspecified atom stereocenters. The zero-order chi connectivity index (χ0) is 11.6. The molecule has 15 heavy (non-hydrogen) atoms. The van der Waals surface area contributed by atoms with E-state index in [0.29, 0.717) is 5.69 Å². The fourth-order valence-corrected chi connectivity index (χ4v) is 1.07. The topological polar surface area (TPSA) is 111 Å². The fraction of sp³-hybridized carbons (Fsp3) is 0.333. The summed E-state index contributed by atoms with van der Waals surface area (Å²) in [6, 6.07) is 2.77. The van der Waals surface area contributed by atoms with E-state index in [1.807, 2.05) is 0 Å². The molecule has 0 radical (unpaired) electrons.